The largest absolute Gasteiger partial charge is 0.490 e. The first kappa shape index (κ1) is 21.0. The highest BCUT2D eigenvalue weighted by Gasteiger charge is 2.16. The highest BCUT2D eigenvalue weighted by Crippen LogP contribution is 2.28. The lowest BCUT2D eigenvalue weighted by Gasteiger charge is -2.11. The van der Waals surface area contributed by atoms with E-state index in [1.165, 1.54) is 12.1 Å². The maximum Gasteiger partial charge on any atom is 0.317 e. The Labute approximate surface area is 171 Å². The number of nitrogens with zero attached hydrogens (tertiary/aromatic N) is 3. The molecule has 0 unspecified atom stereocenters. The zero-order valence-electron chi connectivity index (χ0n) is 16.3. The van der Waals surface area contributed by atoms with Crippen LogP contribution in [0.3, 0.4) is 0 Å². The van der Waals surface area contributed by atoms with E-state index in [9.17, 15) is 14.4 Å². The summed E-state index contributed by atoms with van der Waals surface area (Å²) >= 11 is 0. The lowest BCUT2D eigenvalue weighted by atomic mass is 10.1. The Hall–Kier alpha value is -3.77. The molecule has 1 aromatic heterocycles. The van der Waals surface area contributed by atoms with Gasteiger partial charge in [-0.05, 0) is 49.7 Å². The molecule has 2 aromatic carbocycles. The molecule has 0 aliphatic heterocycles. The number of benzene rings is 2. The number of carboxylic acid groups (broad SMARTS) is 1. The Kier molecular flexibility index (Phi) is 6.39. The summed E-state index contributed by atoms with van der Waals surface area (Å²) in [5.41, 5.74) is 1.56. The maximum atomic E-state index is 14.5. The summed E-state index contributed by atoms with van der Waals surface area (Å²) in [6.45, 7) is 3.72. The number of carbonyl (C=O) groups is 1. The van der Waals surface area contributed by atoms with Crippen LogP contribution in [0, 0.1) is 17.1 Å². The SMILES string of the molecule is CC(C)Oc1ccc(-c2nc(-c3ccc(CNCC(=O)O)cc3F)no2)cc1C#N. The second-order valence-corrected chi connectivity index (χ2v) is 6.72. The van der Waals surface area contributed by atoms with E-state index >= 15 is 0 Å². The van der Waals surface area contributed by atoms with Crippen LogP contribution in [0.2, 0.25) is 0 Å². The van der Waals surface area contributed by atoms with Crippen molar-refractivity contribution in [2.24, 2.45) is 0 Å². The Bertz CT molecular complexity index is 1100. The van der Waals surface area contributed by atoms with E-state index in [4.69, 9.17) is 14.4 Å². The predicted octanol–water partition coefficient (Wildman–Crippen LogP) is 3.38. The molecule has 3 rings (SSSR count). The van der Waals surface area contributed by atoms with E-state index in [2.05, 4.69) is 21.5 Å². The number of halogens is 1. The average Bonchev–Trinajstić information content (AvgIpc) is 3.17. The van der Waals surface area contributed by atoms with Gasteiger partial charge in [0.25, 0.3) is 5.89 Å². The van der Waals surface area contributed by atoms with Gasteiger partial charge < -0.3 is 19.7 Å². The van der Waals surface area contributed by atoms with Crippen LogP contribution in [0.25, 0.3) is 22.8 Å². The molecule has 0 saturated carbocycles. The lowest BCUT2D eigenvalue weighted by Crippen LogP contribution is -2.21. The van der Waals surface area contributed by atoms with E-state index in [1.807, 2.05) is 13.8 Å². The minimum atomic E-state index is -0.991. The third kappa shape index (κ3) is 4.98. The highest BCUT2D eigenvalue weighted by molar-refractivity contribution is 5.69. The maximum absolute atomic E-state index is 14.5. The standard InChI is InChI=1S/C21H19FN4O4/c1-12(2)29-18-6-4-14(8-15(18)9-23)21-25-20(26-30-21)16-5-3-13(7-17(16)22)10-24-11-19(27)28/h3-8,12,24H,10-11H2,1-2H3,(H,27,28). The summed E-state index contributed by atoms with van der Waals surface area (Å²) in [6, 6.07) is 11.4. The first-order valence-electron chi connectivity index (χ1n) is 9.13. The number of rotatable bonds is 8. The van der Waals surface area contributed by atoms with Crippen LogP contribution in [0.15, 0.2) is 40.9 Å². The minimum Gasteiger partial charge on any atom is -0.490 e. The van der Waals surface area contributed by atoms with E-state index in [0.717, 1.165) is 0 Å². The van der Waals surface area contributed by atoms with Gasteiger partial charge in [0.1, 0.15) is 17.6 Å². The molecule has 154 valence electrons. The average molecular weight is 410 g/mol. The first-order chi connectivity index (χ1) is 14.4. The van der Waals surface area contributed by atoms with Gasteiger partial charge in [-0.25, -0.2) is 4.39 Å². The molecule has 0 aliphatic rings. The molecule has 2 N–H and O–H groups in total. The van der Waals surface area contributed by atoms with Crippen LogP contribution in [-0.4, -0.2) is 33.9 Å². The summed E-state index contributed by atoms with van der Waals surface area (Å²) in [5.74, 6) is -0.892. The van der Waals surface area contributed by atoms with Crippen molar-refractivity contribution >= 4 is 5.97 Å². The number of hydrogen-bond donors (Lipinski definition) is 2. The van der Waals surface area contributed by atoms with E-state index in [1.54, 1.807) is 24.3 Å². The van der Waals surface area contributed by atoms with Gasteiger partial charge in [0.15, 0.2) is 0 Å². The third-order valence-electron chi connectivity index (χ3n) is 4.02. The topological polar surface area (TPSA) is 121 Å². The molecule has 0 spiro atoms. The van der Waals surface area contributed by atoms with Gasteiger partial charge in [0.2, 0.25) is 5.82 Å². The Morgan fingerprint density at radius 1 is 1.33 bits per heavy atom. The number of carboxylic acids is 1. The molecule has 0 radical (unpaired) electrons. The number of nitrogens with one attached hydrogen (secondary N) is 1. The van der Waals surface area contributed by atoms with Gasteiger partial charge in [-0.3, -0.25) is 4.79 Å². The summed E-state index contributed by atoms with van der Waals surface area (Å²) in [4.78, 5) is 14.8. The minimum absolute atomic E-state index is 0.0635. The fourth-order valence-electron chi connectivity index (χ4n) is 2.72. The number of ether oxygens (including phenoxy) is 1. The quantitative estimate of drug-likeness (QED) is 0.580. The van der Waals surface area contributed by atoms with Gasteiger partial charge >= 0.3 is 5.97 Å². The van der Waals surface area contributed by atoms with E-state index < -0.39 is 11.8 Å². The number of hydrogen-bond acceptors (Lipinski definition) is 7. The summed E-state index contributed by atoms with van der Waals surface area (Å²) in [6.07, 6.45) is -0.0803. The monoisotopic (exact) mass is 410 g/mol. The van der Waals surface area contributed by atoms with Crippen molar-refractivity contribution < 1.29 is 23.6 Å². The number of aliphatic carboxylic acids is 1. The van der Waals surface area contributed by atoms with Crippen LogP contribution in [-0.2, 0) is 11.3 Å². The van der Waals surface area contributed by atoms with Gasteiger partial charge in [-0.1, -0.05) is 11.2 Å². The Balaban J connectivity index is 1.81. The molecular formula is C21H19FN4O4. The third-order valence-corrected chi connectivity index (χ3v) is 4.02. The van der Waals surface area contributed by atoms with Crippen LogP contribution >= 0.6 is 0 Å². The van der Waals surface area contributed by atoms with Crippen molar-refractivity contribution in [3.63, 3.8) is 0 Å². The number of nitriles is 1. The fourth-order valence-corrected chi connectivity index (χ4v) is 2.72. The predicted molar refractivity (Wildman–Crippen MR) is 105 cm³/mol. The molecule has 0 saturated heterocycles. The molecular weight excluding hydrogens is 391 g/mol. The number of aromatic nitrogens is 2. The first-order valence-corrected chi connectivity index (χ1v) is 9.13. The van der Waals surface area contributed by atoms with Crippen LogP contribution in [0.4, 0.5) is 4.39 Å². The van der Waals surface area contributed by atoms with Gasteiger partial charge in [-0.2, -0.15) is 10.2 Å². The highest BCUT2D eigenvalue weighted by atomic mass is 19.1. The normalized spacial score (nSPS) is 10.8. The van der Waals surface area contributed by atoms with Crippen molar-refractivity contribution in [2.45, 2.75) is 26.5 Å². The van der Waals surface area contributed by atoms with E-state index in [-0.39, 0.29) is 36.5 Å². The molecule has 0 atom stereocenters. The molecule has 3 aromatic rings. The zero-order chi connectivity index (χ0) is 21.7. The Morgan fingerprint density at radius 2 is 2.13 bits per heavy atom. The molecule has 0 aliphatic carbocycles. The van der Waals surface area contributed by atoms with Crippen LogP contribution in [0.5, 0.6) is 5.75 Å². The Morgan fingerprint density at radius 3 is 2.80 bits per heavy atom. The van der Waals surface area contributed by atoms with Crippen molar-refractivity contribution in [2.75, 3.05) is 6.54 Å². The molecule has 1 heterocycles. The van der Waals surface area contributed by atoms with Crippen molar-refractivity contribution in [3.05, 3.63) is 53.3 Å². The lowest BCUT2D eigenvalue weighted by molar-refractivity contribution is -0.136. The second kappa shape index (κ2) is 9.15. The zero-order valence-corrected chi connectivity index (χ0v) is 16.3. The van der Waals surface area contributed by atoms with Crippen molar-refractivity contribution in [1.82, 2.24) is 15.5 Å². The fraction of sp³-hybridized carbons (Fsp3) is 0.238. The molecule has 0 fully saturated rings. The molecule has 0 bridgehead atoms. The molecule has 8 nitrogen and oxygen atoms in total. The summed E-state index contributed by atoms with van der Waals surface area (Å²) in [7, 11) is 0. The van der Waals surface area contributed by atoms with Crippen molar-refractivity contribution in [1.29, 1.82) is 5.26 Å². The molecule has 9 heteroatoms. The summed E-state index contributed by atoms with van der Waals surface area (Å²) in [5, 5.41) is 24.5. The smallest absolute Gasteiger partial charge is 0.317 e. The van der Waals surface area contributed by atoms with Gasteiger partial charge in [0, 0.05) is 12.1 Å². The van der Waals surface area contributed by atoms with Crippen LogP contribution < -0.4 is 10.1 Å². The van der Waals surface area contributed by atoms with E-state index in [0.29, 0.717) is 22.4 Å². The summed E-state index contributed by atoms with van der Waals surface area (Å²) < 4.78 is 25.3. The van der Waals surface area contributed by atoms with Gasteiger partial charge in [0.05, 0.1) is 23.8 Å². The molecule has 0 amide bonds. The van der Waals surface area contributed by atoms with Crippen LogP contribution in [0.1, 0.15) is 25.0 Å². The molecule has 30 heavy (non-hydrogen) atoms. The van der Waals surface area contributed by atoms with Crippen molar-refractivity contribution in [3.8, 4) is 34.7 Å². The van der Waals surface area contributed by atoms with Gasteiger partial charge in [-0.15, -0.1) is 0 Å². The second-order valence-electron chi connectivity index (χ2n) is 6.72.